The Balaban J connectivity index is 2.68. The fourth-order valence-electron chi connectivity index (χ4n) is 2.16. The summed E-state index contributed by atoms with van der Waals surface area (Å²) in [4.78, 5) is 4.56. The molecule has 27 heavy (non-hydrogen) atoms. The third-order valence-electron chi connectivity index (χ3n) is 3.64. The van der Waals surface area contributed by atoms with E-state index in [9.17, 15) is 8.42 Å². The molecule has 1 rings (SSSR count). The molecule has 0 aliphatic heterocycles. The molecule has 0 aromatic heterocycles. The van der Waals surface area contributed by atoms with Gasteiger partial charge in [-0.3, -0.25) is 0 Å². The van der Waals surface area contributed by atoms with Gasteiger partial charge >= 0.3 is 0 Å². The monoisotopic (exact) mass is 400 g/mol. The minimum absolute atomic E-state index is 0.0699. The van der Waals surface area contributed by atoms with Crippen molar-refractivity contribution in [3.63, 3.8) is 0 Å². The van der Waals surface area contributed by atoms with Crippen molar-refractivity contribution in [3.8, 4) is 5.75 Å². The molecule has 0 radical (unpaired) electrons. The van der Waals surface area contributed by atoms with Crippen LogP contribution in [0, 0.1) is 6.92 Å². The number of benzene rings is 1. The highest BCUT2D eigenvalue weighted by molar-refractivity contribution is 7.89. The lowest BCUT2D eigenvalue weighted by molar-refractivity contribution is 0.146. The predicted octanol–water partition coefficient (Wildman–Crippen LogP) is 1.01. The number of sulfonamides is 1. The van der Waals surface area contributed by atoms with Crippen molar-refractivity contribution in [2.24, 2.45) is 4.99 Å². The van der Waals surface area contributed by atoms with Crippen LogP contribution in [0.2, 0.25) is 0 Å². The molecule has 0 amide bonds. The van der Waals surface area contributed by atoms with Crippen molar-refractivity contribution in [3.05, 3.63) is 29.3 Å². The average Bonchev–Trinajstić information content (AvgIpc) is 2.64. The van der Waals surface area contributed by atoms with E-state index in [1.165, 1.54) is 0 Å². The first-order valence-corrected chi connectivity index (χ1v) is 10.8. The lowest BCUT2D eigenvalue weighted by atomic mass is 10.1. The molecule has 0 saturated heterocycles. The molecule has 3 N–H and O–H groups in total. The fourth-order valence-corrected chi connectivity index (χ4v) is 2.77. The number of rotatable bonds is 12. The Hall–Kier alpha value is -1.84. The molecule has 0 saturated carbocycles. The molecule has 0 heterocycles. The van der Waals surface area contributed by atoms with Crippen LogP contribution in [0.3, 0.4) is 0 Å². The predicted molar refractivity (Wildman–Crippen MR) is 109 cm³/mol. The number of methoxy groups -OCH3 is 1. The standard InChI is InChI=1S/C18H32N4O4S/c1-5-19-18(20-9-10-22-27(23,24)6-2)21-14-16-8-7-15(3)13-17(16)26-12-11-25-4/h7-8,13,22H,5-6,9-12,14H2,1-4H3,(H2,19,20,21). The van der Waals surface area contributed by atoms with Crippen molar-refractivity contribution in [2.75, 3.05) is 45.7 Å². The van der Waals surface area contributed by atoms with E-state index in [0.717, 1.165) is 16.9 Å². The van der Waals surface area contributed by atoms with Gasteiger partial charge in [0.05, 0.1) is 18.9 Å². The third-order valence-corrected chi connectivity index (χ3v) is 5.04. The Kier molecular flexibility index (Phi) is 10.8. The molecule has 154 valence electrons. The summed E-state index contributed by atoms with van der Waals surface area (Å²) in [5.41, 5.74) is 2.09. The molecule has 0 spiro atoms. The second-order valence-corrected chi connectivity index (χ2v) is 7.97. The van der Waals surface area contributed by atoms with Gasteiger partial charge in [-0.15, -0.1) is 0 Å². The number of nitrogens with zero attached hydrogens (tertiary/aromatic N) is 1. The Morgan fingerprint density at radius 1 is 1.15 bits per heavy atom. The minimum Gasteiger partial charge on any atom is -0.491 e. The first-order valence-electron chi connectivity index (χ1n) is 9.12. The van der Waals surface area contributed by atoms with Crippen LogP contribution in [0.5, 0.6) is 5.75 Å². The maximum Gasteiger partial charge on any atom is 0.211 e. The Morgan fingerprint density at radius 2 is 1.93 bits per heavy atom. The van der Waals surface area contributed by atoms with Gasteiger partial charge in [0.2, 0.25) is 10.0 Å². The fraction of sp³-hybridized carbons (Fsp3) is 0.611. The van der Waals surface area contributed by atoms with Crippen LogP contribution in [-0.4, -0.2) is 60.1 Å². The van der Waals surface area contributed by atoms with Crippen LogP contribution >= 0.6 is 0 Å². The third kappa shape index (κ3) is 9.60. The van der Waals surface area contributed by atoms with E-state index in [2.05, 4.69) is 20.3 Å². The van der Waals surface area contributed by atoms with Gasteiger partial charge < -0.3 is 20.1 Å². The zero-order chi connectivity index (χ0) is 20.1. The molecule has 0 atom stereocenters. The number of aliphatic imine (C=N–C) groups is 1. The van der Waals surface area contributed by atoms with Gasteiger partial charge in [0.25, 0.3) is 0 Å². The molecule has 1 aromatic carbocycles. The number of aryl methyl sites for hydroxylation is 1. The molecular formula is C18H32N4O4S. The summed E-state index contributed by atoms with van der Waals surface area (Å²) < 4.78 is 36.2. The van der Waals surface area contributed by atoms with Crippen molar-refractivity contribution < 1.29 is 17.9 Å². The molecular weight excluding hydrogens is 368 g/mol. The zero-order valence-corrected chi connectivity index (χ0v) is 17.5. The van der Waals surface area contributed by atoms with Crippen LogP contribution in [0.15, 0.2) is 23.2 Å². The maximum absolute atomic E-state index is 11.4. The second-order valence-electron chi connectivity index (χ2n) is 5.87. The highest BCUT2D eigenvalue weighted by Crippen LogP contribution is 2.21. The van der Waals surface area contributed by atoms with E-state index in [-0.39, 0.29) is 5.75 Å². The van der Waals surface area contributed by atoms with Crippen molar-refractivity contribution in [2.45, 2.75) is 27.3 Å². The van der Waals surface area contributed by atoms with Gasteiger partial charge in [-0.05, 0) is 32.4 Å². The lowest BCUT2D eigenvalue weighted by Gasteiger charge is -2.14. The molecule has 0 fully saturated rings. The maximum atomic E-state index is 11.4. The van der Waals surface area contributed by atoms with Gasteiger partial charge in [0.15, 0.2) is 5.96 Å². The van der Waals surface area contributed by atoms with Gasteiger partial charge in [-0.1, -0.05) is 12.1 Å². The van der Waals surface area contributed by atoms with E-state index in [1.807, 2.05) is 32.0 Å². The van der Waals surface area contributed by atoms with E-state index in [0.29, 0.717) is 45.4 Å². The van der Waals surface area contributed by atoms with Crippen molar-refractivity contribution in [1.82, 2.24) is 15.4 Å². The molecule has 9 heteroatoms. The van der Waals surface area contributed by atoms with Crippen LogP contribution in [0.25, 0.3) is 0 Å². The summed E-state index contributed by atoms with van der Waals surface area (Å²) in [6, 6.07) is 6.01. The van der Waals surface area contributed by atoms with Crippen molar-refractivity contribution in [1.29, 1.82) is 0 Å². The second kappa shape index (κ2) is 12.5. The minimum atomic E-state index is -3.18. The van der Waals surface area contributed by atoms with Crippen molar-refractivity contribution >= 4 is 16.0 Å². The number of hydrogen-bond acceptors (Lipinski definition) is 5. The summed E-state index contributed by atoms with van der Waals surface area (Å²) >= 11 is 0. The quantitative estimate of drug-likeness (QED) is 0.275. The number of nitrogens with one attached hydrogen (secondary N) is 3. The zero-order valence-electron chi connectivity index (χ0n) is 16.7. The van der Waals surface area contributed by atoms with Gasteiger partial charge in [-0.2, -0.15) is 0 Å². The summed E-state index contributed by atoms with van der Waals surface area (Å²) in [7, 11) is -1.54. The molecule has 0 unspecified atom stereocenters. The number of ether oxygens (including phenoxy) is 2. The van der Waals surface area contributed by atoms with Crippen LogP contribution < -0.4 is 20.1 Å². The summed E-state index contributed by atoms with van der Waals surface area (Å²) in [5, 5.41) is 6.27. The summed E-state index contributed by atoms with van der Waals surface area (Å²) in [6.45, 7) is 8.49. The lowest BCUT2D eigenvalue weighted by Crippen LogP contribution is -2.41. The summed E-state index contributed by atoms with van der Waals surface area (Å²) in [5.74, 6) is 1.49. The van der Waals surface area contributed by atoms with Crippen LogP contribution in [-0.2, 0) is 21.3 Å². The topological polar surface area (TPSA) is 101 Å². The highest BCUT2D eigenvalue weighted by Gasteiger charge is 2.07. The van der Waals surface area contributed by atoms with E-state index in [1.54, 1.807) is 14.0 Å². The Bertz CT molecular complexity index is 693. The van der Waals surface area contributed by atoms with Gasteiger partial charge in [0, 0.05) is 32.3 Å². The summed E-state index contributed by atoms with van der Waals surface area (Å²) in [6.07, 6.45) is 0. The SMILES string of the molecule is CCNC(=NCc1ccc(C)cc1OCCOC)NCCNS(=O)(=O)CC. The smallest absolute Gasteiger partial charge is 0.211 e. The van der Waals surface area contributed by atoms with E-state index < -0.39 is 10.0 Å². The Morgan fingerprint density at radius 3 is 2.59 bits per heavy atom. The molecule has 0 aliphatic rings. The Labute approximate surface area is 162 Å². The number of hydrogen-bond donors (Lipinski definition) is 3. The average molecular weight is 401 g/mol. The first-order chi connectivity index (χ1) is 12.9. The number of guanidine groups is 1. The molecule has 0 bridgehead atoms. The van der Waals surface area contributed by atoms with Crippen LogP contribution in [0.4, 0.5) is 0 Å². The normalized spacial score (nSPS) is 12.1. The highest BCUT2D eigenvalue weighted by atomic mass is 32.2. The molecule has 1 aromatic rings. The molecule has 8 nitrogen and oxygen atoms in total. The van der Waals surface area contributed by atoms with Crippen LogP contribution in [0.1, 0.15) is 25.0 Å². The van der Waals surface area contributed by atoms with Gasteiger partial charge in [0.1, 0.15) is 12.4 Å². The van der Waals surface area contributed by atoms with E-state index in [4.69, 9.17) is 9.47 Å². The van der Waals surface area contributed by atoms with Gasteiger partial charge in [-0.25, -0.2) is 18.1 Å². The van der Waals surface area contributed by atoms with E-state index >= 15 is 0 Å². The molecule has 0 aliphatic carbocycles. The first kappa shape index (κ1) is 23.2. The largest absolute Gasteiger partial charge is 0.491 e.